The Morgan fingerprint density at radius 3 is 2.50 bits per heavy atom. The Morgan fingerprint density at radius 2 is 1.94 bits per heavy atom. The fourth-order valence-electron chi connectivity index (χ4n) is 1.64. The van der Waals surface area contributed by atoms with E-state index < -0.39 is 0 Å². The molecule has 0 aliphatic carbocycles. The summed E-state index contributed by atoms with van der Waals surface area (Å²) in [5.41, 5.74) is 3.68. The number of halogens is 1. The first-order valence-corrected chi connectivity index (χ1v) is 6.50. The highest BCUT2D eigenvalue weighted by Crippen LogP contribution is 2.34. The van der Waals surface area contributed by atoms with Gasteiger partial charge in [0.05, 0.1) is 4.88 Å². The first-order chi connectivity index (χ1) is 8.65. The van der Waals surface area contributed by atoms with E-state index >= 15 is 0 Å². The first kappa shape index (κ1) is 14.6. The predicted molar refractivity (Wildman–Crippen MR) is 71.7 cm³/mol. The van der Waals surface area contributed by atoms with Crippen molar-refractivity contribution in [2.75, 3.05) is 0 Å². The van der Waals surface area contributed by atoms with Gasteiger partial charge in [-0.1, -0.05) is 42.8 Å². The van der Waals surface area contributed by atoms with Gasteiger partial charge in [0.2, 0.25) is 0 Å². The molecular weight excluding hydrogens is 270 g/mol. The Morgan fingerprint density at radius 1 is 1.33 bits per heavy atom. The monoisotopic (exact) mass is 281 g/mol. The summed E-state index contributed by atoms with van der Waals surface area (Å²) in [6.45, 7) is 4.22. The molecule has 0 radical (unpaired) electrons. The van der Waals surface area contributed by atoms with Crippen LogP contribution in [-0.2, 0) is 16.0 Å². The highest BCUT2D eigenvalue weighted by Gasteiger charge is 2.13. The molecular formula is C13H12ClNO2S. The molecule has 0 amide bonds. The van der Waals surface area contributed by atoms with Gasteiger partial charge in [-0.3, -0.25) is 0 Å². The lowest BCUT2D eigenvalue weighted by Gasteiger charge is -2.04. The molecule has 1 heterocycles. The van der Waals surface area contributed by atoms with Crippen LogP contribution in [-0.4, -0.2) is 10.5 Å². The minimum Gasteiger partial charge on any atom is -0.186 e. The third-order valence-corrected chi connectivity index (χ3v) is 3.82. The van der Waals surface area contributed by atoms with Gasteiger partial charge in [-0.25, -0.2) is 0 Å². The fraction of sp³-hybridized carbons (Fsp3) is 0.231. The van der Waals surface area contributed by atoms with Crippen molar-refractivity contribution < 1.29 is 9.59 Å². The molecule has 94 valence electrons. The second-order valence-corrected chi connectivity index (χ2v) is 4.66. The maximum Gasteiger partial charge on any atom is 0.373 e. The third kappa shape index (κ3) is 3.26. The van der Waals surface area contributed by atoms with Crippen molar-refractivity contribution >= 4 is 29.3 Å². The topological polar surface area (TPSA) is 47.0 Å². The lowest BCUT2D eigenvalue weighted by molar-refractivity contribution is -0.191. The number of hydrogen-bond acceptors (Lipinski definition) is 4. The lowest BCUT2D eigenvalue weighted by Crippen LogP contribution is -1.85. The van der Waals surface area contributed by atoms with Crippen LogP contribution >= 0.6 is 23.1 Å². The molecule has 0 atom stereocenters. The first-order valence-electron chi connectivity index (χ1n) is 5.35. The van der Waals surface area contributed by atoms with Gasteiger partial charge in [0.15, 0.2) is 0 Å². The molecule has 1 aromatic heterocycles. The Hall–Kier alpha value is -1.48. The zero-order chi connectivity index (χ0) is 13.5. The quantitative estimate of drug-likeness (QED) is 0.842. The second-order valence-electron chi connectivity index (χ2n) is 3.53. The van der Waals surface area contributed by atoms with Gasteiger partial charge in [-0.05, 0) is 36.0 Å². The van der Waals surface area contributed by atoms with Crippen LogP contribution in [0.5, 0.6) is 0 Å². The van der Waals surface area contributed by atoms with Crippen molar-refractivity contribution in [1.82, 2.24) is 4.37 Å². The Kier molecular flexibility index (Phi) is 5.72. The van der Waals surface area contributed by atoms with Gasteiger partial charge in [0, 0.05) is 5.56 Å². The Balaban J connectivity index is 0.000000492. The molecule has 0 saturated carbocycles. The average Bonchev–Trinajstić information content (AvgIpc) is 2.72. The van der Waals surface area contributed by atoms with E-state index in [1.54, 1.807) is 0 Å². The van der Waals surface area contributed by atoms with E-state index in [-0.39, 0.29) is 6.15 Å². The molecule has 2 rings (SSSR count). The zero-order valence-corrected chi connectivity index (χ0v) is 11.6. The summed E-state index contributed by atoms with van der Waals surface area (Å²) in [6, 6.07) is 8.34. The van der Waals surface area contributed by atoms with Crippen LogP contribution in [0.15, 0.2) is 24.3 Å². The van der Waals surface area contributed by atoms with E-state index in [1.165, 1.54) is 27.5 Å². The number of aromatic nitrogens is 1. The minimum absolute atomic E-state index is 0.250. The number of nitrogens with zero attached hydrogens (tertiary/aromatic N) is 1. The molecule has 0 spiro atoms. The zero-order valence-electron chi connectivity index (χ0n) is 10.1. The lowest BCUT2D eigenvalue weighted by atomic mass is 10.0. The van der Waals surface area contributed by atoms with Crippen LogP contribution in [0, 0.1) is 6.92 Å². The Bertz CT molecular complexity index is 560. The van der Waals surface area contributed by atoms with Crippen LogP contribution in [0.25, 0.3) is 10.4 Å². The van der Waals surface area contributed by atoms with Crippen molar-refractivity contribution in [1.29, 1.82) is 0 Å². The van der Waals surface area contributed by atoms with E-state index in [2.05, 4.69) is 36.4 Å². The summed E-state index contributed by atoms with van der Waals surface area (Å²) >= 11 is 7.53. The third-order valence-electron chi connectivity index (χ3n) is 2.48. The largest absolute Gasteiger partial charge is 0.373 e. The van der Waals surface area contributed by atoms with E-state index in [0.29, 0.717) is 5.15 Å². The normalized spacial score (nSPS) is 9.28. The number of benzene rings is 1. The van der Waals surface area contributed by atoms with Crippen LogP contribution in [0.3, 0.4) is 0 Å². The average molecular weight is 282 g/mol. The minimum atomic E-state index is 0.250. The molecule has 2 aromatic rings. The molecule has 1 aromatic carbocycles. The number of aryl methyl sites for hydroxylation is 1. The standard InChI is InChI=1S/C12H12ClNS.CO2/c1-3-9-11(15-14-12(9)13)10-7-5-4-6-8(10)2;2-1-3/h4-7H,3H2,1-2H3;. The van der Waals surface area contributed by atoms with Gasteiger partial charge in [-0.15, -0.1) is 0 Å². The highest BCUT2D eigenvalue weighted by atomic mass is 35.5. The highest BCUT2D eigenvalue weighted by molar-refractivity contribution is 7.10. The van der Waals surface area contributed by atoms with Crippen molar-refractivity contribution in [2.45, 2.75) is 20.3 Å². The van der Waals surface area contributed by atoms with Crippen LogP contribution < -0.4 is 0 Å². The van der Waals surface area contributed by atoms with E-state index in [1.807, 2.05) is 6.07 Å². The summed E-state index contributed by atoms with van der Waals surface area (Å²) in [5, 5.41) is 0.653. The fourth-order valence-corrected chi connectivity index (χ4v) is 2.98. The van der Waals surface area contributed by atoms with Crippen molar-refractivity contribution in [3.63, 3.8) is 0 Å². The summed E-state index contributed by atoms with van der Waals surface area (Å²) < 4.78 is 4.21. The SMILES string of the molecule is CCc1c(Cl)nsc1-c1ccccc1C.O=C=O. The molecule has 0 N–H and O–H groups in total. The predicted octanol–water partition coefficient (Wildman–Crippen LogP) is 3.75. The van der Waals surface area contributed by atoms with E-state index in [9.17, 15) is 0 Å². The molecule has 0 aliphatic rings. The molecule has 3 nitrogen and oxygen atoms in total. The van der Waals surface area contributed by atoms with Gasteiger partial charge < -0.3 is 0 Å². The molecule has 0 saturated heterocycles. The molecule has 0 bridgehead atoms. The van der Waals surface area contributed by atoms with Crippen LogP contribution in [0.2, 0.25) is 5.15 Å². The van der Waals surface area contributed by atoms with Crippen LogP contribution in [0.4, 0.5) is 0 Å². The maximum absolute atomic E-state index is 8.12. The van der Waals surface area contributed by atoms with Gasteiger partial charge in [0.1, 0.15) is 5.15 Å². The molecule has 5 heteroatoms. The van der Waals surface area contributed by atoms with Crippen molar-refractivity contribution in [3.8, 4) is 10.4 Å². The molecule has 18 heavy (non-hydrogen) atoms. The maximum atomic E-state index is 8.12. The van der Waals surface area contributed by atoms with Gasteiger partial charge >= 0.3 is 6.15 Å². The summed E-state index contributed by atoms with van der Waals surface area (Å²) in [7, 11) is 0. The summed E-state index contributed by atoms with van der Waals surface area (Å²) in [4.78, 5) is 17.5. The molecule has 0 fully saturated rings. The molecule has 0 aliphatic heterocycles. The summed E-state index contributed by atoms with van der Waals surface area (Å²) in [5.74, 6) is 0. The van der Waals surface area contributed by atoms with E-state index in [4.69, 9.17) is 21.2 Å². The number of carbonyl (C=O) groups excluding carboxylic acids is 2. The number of hydrogen-bond donors (Lipinski definition) is 0. The molecule has 0 unspecified atom stereocenters. The van der Waals surface area contributed by atoms with Gasteiger partial charge in [-0.2, -0.15) is 14.0 Å². The second kappa shape index (κ2) is 7.07. The Labute approximate surface area is 115 Å². The van der Waals surface area contributed by atoms with Crippen molar-refractivity contribution in [2.24, 2.45) is 0 Å². The van der Waals surface area contributed by atoms with Crippen molar-refractivity contribution in [3.05, 3.63) is 40.5 Å². The number of rotatable bonds is 2. The van der Waals surface area contributed by atoms with E-state index in [0.717, 1.165) is 12.0 Å². The van der Waals surface area contributed by atoms with Gasteiger partial charge in [0.25, 0.3) is 0 Å². The summed E-state index contributed by atoms with van der Waals surface area (Å²) in [6.07, 6.45) is 1.18. The smallest absolute Gasteiger partial charge is 0.186 e. The van der Waals surface area contributed by atoms with Crippen LogP contribution in [0.1, 0.15) is 18.1 Å².